The van der Waals surface area contributed by atoms with E-state index in [0.717, 1.165) is 0 Å². The molecule has 0 saturated heterocycles. The summed E-state index contributed by atoms with van der Waals surface area (Å²) in [6.45, 7) is 1.71. The molecule has 3 nitrogen and oxygen atoms in total. The average molecular weight is 216 g/mol. The molecule has 0 radical (unpaired) electrons. The summed E-state index contributed by atoms with van der Waals surface area (Å²) in [5.74, 6) is 0.120. The van der Waals surface area contributed by atoms with Crippen LogP contribution in [0.5, 0.6) is 5.75 Å². The summed E-state index contributed by atoms with van der Waals surface area (Å²) in [5.41, 5.74) is 1.01. The van der Waals surface area contributed by atoms with E-state index in [1.807, 2.05) is 0 Å². The van der Waals surface area contributed by atoms with Crippen molar-refractivity contribution in [2.45, 2.75) is 6.92 Å². The normalized spacial score (nSPS) is 9.64. The zero-order valence-corrected chi connectivity index (χ0v) is 7.42. The quantitative estimate of drug-likeness (QED) is 0.733. The van der Waals surface area contributed by atoms with E-state index in [1.165, 1.54) is 12.1 Å². The van der Waals surface area contributed by atoms with Gasteiger partial charge in [0, 0.05) is 0 Å². The van der Waals surface area contributed by atoms with E-state index >= 15 is 0 Å². The van der Waals surface area contributed by atoms with Gasteiger partial charge in [0.15, 0.2) is 0 Å². The fourth-order valence-electron chi connectivity index (χ4n) is 0.754. The lowest BCUT2D eigenvalue weighted by Crippen LogP contribution is -1.75. The number of nitrogens with zero attached hydrogens (tertiary/aromatic N) is 1. The molecule has 11 heavy (non-hydrogen) atoms. The molecule has 0 bridgehead atoms. The molecule has 1 aromatic rings. The van der Waals surface area contributed by atoms with Gasteiger partial charge in [0.2, 0.25) is 0 Å². The van der Waals surface area contributed by atoms with Gasteiger partial charge in [0.05, 0.1) is 4.47 Å². The maximum Gasteiger partial charge on any atom is 0.130 e. The second-order valence-corrected chi connectivity index (χ2v) is 3.04. The van der Waals surface area contributed by atoms with Gasteiger partial charge >= 0.3 is 0 Å². The summed E-state index contributed by atoms with van der Waals surface area (Å²) in [4.78, 5) is 10.1. The first-order chi connectivity index (χ1) is 5.15. The van der Waals surface area contributed by atoms with Crippen LogP contribution in [0.2, 0.25) is 0 Å². The molecule has 0 fully saturated rings. The van der Waals surface area contributed by atoms with Gasteiger partial charge in [-0.3, -0.25) is 0 Å². The van der Waals surface area contributed by atoms with Crippen molar-refractivity contribution in [1.29, 1.82) is 0 Å². The Labute approximate surface area is 72.2 Å². The third kappa shape index (κ3) is 1.57. The van der Waals surface area contributed by atoms with Gasteiger partial charge < -0.3 is 5.11 Å². The number of phenols is 1. The predicted octanol–water partition coefficient (Wildman–Crippen LogP) is 2.86. The van der Waals surface area contributed by atoms with E-state index in [1.54, 1.807) is 6.92 Å². The van der Waals surface area contributed by atoms with E-state index in [9.17, 15) is 4.91 Å². The smallest absolute Gasteiger partial charge is 0.130 e. The lowest BCUT2D eigenvalue weighted by molar-refractivity contribution is 0.471. The first kappa shape index (κ1) is 8.20. The van der Waals surface area contributed by atoms with Crippen molar-refractivity contribution in [2.24, 2.45) is 5.18 Å². The molecule has 1 aromatic carbocycles. The van der Waals surface area contributed by atoms with Crippen molar-refractivity contribution in [1.82, 2.24) is 0 Å². The van der Waals surface area contributed by atoms with Gasteiger partial charge in [-0.1, -0.05) is 0 Å². The molecule has 0 saturated carbocycles. The van der Waals surface area contributed by atoms with Crippen molar-refractivity contribution in [3.63, 3.8) is 0 Å². The number of hydrogen-bond acceptors (Lipinski definition) is 3. The Morgan fingerprint density at radius 3 is 2.73 bits per heavy atom. The molecule has 0 spiro atoms. The topological polar surface area (TPSA) is 49.7 Å². The summed E-state index contributed by atoms with van der Waals surface area (Å²) in [6.07, 6.45) is 0. The molecule has 0 aliphatic rings. The molecule has 4 heteroatoms. The van der Waals surface area contributed by atoms with Crippen LogP contribution in [-0.2, 0) is 0 Å². The Hall–Kier alpha value is -0.900. The molecular weight excluding hydrogens is 210 g/mol. The number of hydrogen-bond donors (Lipinski definition) is 1. The van der Waals surface area contributed by atoms with E-state index in [0.29, 0.717) is 15.7 Å². The van der Waals surface area contributed by atoms with Gasteiger partial charge in [0.1, 0.15) is 11.4 Å². The van der Waals surface area contributed by atoms with Gasteiger partial charge in [-0.2, -0.15) is 0 Å². The van der Waals surface area contributed by atoms with Crippen LogP contribution in [0.15, 0.2) is 21.8 Å². The summed E-state index contributed by atoms with van der Waals surface area (Å²) in [7, 11) is 0. The Morgan fingerprint density at radius 2 is 2.18 bits per heavy atom. The van der Waals surface area contributed by atoms with Crippen molar-refractivity contribution in [3.05, 3.63) is 27.1 Å². The summed E-state index contributed by atoms with van der Waals surface area (Å²) < 4.78 is 0.484. The van der Waals surface area contributed by atoms with Gasteiger partial charge in [0.25, 0.3) is 0 Å². The van der Waals surface area contributed by atoms with Gasteiger partial charge in [-0.15, -0.1) is 4.91 Å². The number of benzene rings is 1. The molecule has 0 aliphatic heterocycles. The minimum atomic E-state index is 0.120. The first-order valence-corrected chi connectivity index (χ1v) is 3.77. The van der Waals surface area contributed by atoms with Gasteiger partial charge in [-0.05, 0) is 45.7 Å². The minimum absolute atomic E-state index is 0.120. The molecule has 0 amide bonds. The molecular formula is C7H6BrNO2. The third-order valence-electron chi connectivity index (χ3n) is 1.36. The highest BCUT2D eigenvalue weighted by Gasteiger charge is 2.03. The SMILES string of the molecule is Cc1cc(O)c(Br)cc1N=O. The largest absolute Gasteiger partial charge is 0.507 e. The van der Waals surface area contributed by atoms with E-state index in [4.69, 9.17) is 5.11 Å². The van der Waals surface area contributed by atoms with Crippen LogP contribution in [0.3, 0.4) is 0 Å². The summed E-state index contributed by atoms with van der Waals surface area (Å²) in [5, 5.41) is 11.9. The number of rotatable bonds is 1. The molecule has 0 aromatic heterocycles. The second-order valence-electron chi connectivity index (χ2n) is 2.18. The minimum Gasteiger partial charge on any atom is -0.507 e. The fourth-order valence-corrected chi connectivity index (χ4v) is 1.09. The Morgan fingerprint density at radius 1 is 1.55 bits per heavy atom. The number of phenolic OH excluding ortho intramolecular Hbond substituents is 1. The standard InChI is InChI=1S/C7H6BrNO2/c1-4-2-7(10)5(8)3-6(4)9-11/h2-3,10H,1H3. The Bertz CT molecular complexity index is 299. The highest BCUT2D eigenvalue weighted by atomic mass is 79.9. The summed E-state index contributed by atoms with van der Waals surface area (Å²) in [6, 6.07) is 2.97. The van der Waals surface area contributed by atoms with Crippen LogP contribution < -0.4 is 0 Å². The van der Waals surface area contributed by atoms with Crippen LogP contribution in [-0.4, -0.2) is 5.11 Å². The third-order valence-corrected chi connectivity index (χ3v) is 2.00. The van der Waals surface area contributed by atoms with E-state index in [-0.39, 0.29) is 5.75 Å². The zero-order valence-electron chi connectivity index (χ0n) is 5.84. The van der Waals surface area contributed by atoms with Crippen LogP contribution >= 0.6 is 15.9 Å². The van der Waals surface area contributed by atoms with Crippen LogP contribution in [0.4, 0.5) is 5.69 Å². The second kappa shape index (κ2) is 3.00. The number of aryl methyl sites for hydroxylation is 1. The number of nitroso groups, excluding NO2 is 1. The molecule has 0 atom stereocenters. The predicted molar refractivity (Wildman–Crippen MR) is 46.0 cm³/mol. The number of halogens is 1. The van der Waals surface area contributed by atoms with E-state index < -0.39 is 0 Å². The zero-order chi connectivity index (χ0) is 8.43. The molecule has 0 unspecified atom stereocenters. The molecule has 1 N–H and O–H groups in total. The Kier molecular flexibility index (Phi) is 2.24. The lowest BCUT2D eigenvalue weighted by atomic mass is 10.2. The average Bonchev–Trinajstić information content (AvgIpc) is 1.97. The van der Waals surface area contributed by atoms with E-state index in [2.05, 4.69) is 21.1 Å². The van der Waals surface area contributed by atoms with Crippen molar-refractivity contribution in [3.8, 4) is 5.75 Å². The van der Waals surface area contributed by atoms with Gasteiger partial charge in [-0.25, -0.2) is 0 Å². The maximum absolute atomic E-state index is 10.1. The lowest BCUT2D eigenvalue weighted by Gasteiger charge is -1.99. The maximum atomic E-state index is 10.1. The molecule has 1 rings (SSSR count). The van der Waals surface area contributed by atoms with Crippen molar-refractivity contribution < 1.29 is 5.11 Å². The van der Waals surface area contributed by atoms with Crippen LogP contribution in [0.1, 0.15) is 5.56 Å². The highest BCUT2D eigenvalue weighted by molar-refractivity contribution is 9.10. The molecule has 0 heterocycles. The number of aromatic hydroxyl groups is 1. The first-order valence-electron chi connectivity index (χ1n) is 2.97. The van der Waals surface area contributed by atoms with Crippen molar-refractivity contribution in [2.75, 3.05) is 0 Å². The van der Waals surface area contributed by atoms with Crippen molar-refractivity contribution >= 4 is 21.6 Å². The molecule has 0 aliphatic carbocycles. The van der Waals surface area contributed by atoms with Crippen LogP contribution in [0.25, 0.3) is 0 Å². The molecule has 58 valence electrons. The van der Waals surface area contributed by atoms with Crippen LogP contribution in [0, 0.1) is 11.8 Å². The Balaban J connectivity index is 3.31. The summed E-state index contributed by atoms with van der Waals surface area (Å²) >= 11 is 3.07. The fraction of sp³-hybridized carbons (Fsp3) is 0.143. The highest BCUT2D eigenvalue weighted by Crippen LogP contribution is 2.31. The monoisotopic (exact) mass is 215 g/mol.